The van der Waals surface area contributed by atoms with Crippen molar-refractivity contribution < 1.29 is 9.32 Å². The van der Waals surface area contributed by atoms with Gasteiger partial charge in [0, 0.05) is 18.7 Å². The number of likely N-dealkylation sites (tertiary alicyclic amines) is 1. The monoisotopic (exact) mass is 397 g/mol. The number of hydrogen-bond acceptors (Lipinski definition) is 6. The van der Waals surface area contributed by atoms with Crippen molar-refractivity contribution in [1.82, 2.24) is 25.7 Å². The van der Waals surface area contributed by atoms with Gasteiger partial charge in [-0.25, -0.2) is 0 Å². The molecule has 1 amide bonds. The first-order chi connectivity index (χ1) is 14.2. The first-order valence-corrected chi connectivity index (χ1v) is 10.9. The molecule has 156 valence electrons. The topological polar surface area (TPSA) is 83.3 Å². The van der Waals surface area contributed by atoms with Crippen LogP contribution in [0.3, 0.4) is 0 Å². The van der Waals surface area contributed by atoms with Gasteiger partial charge in [-0.3, -0.25) is 9.69 Å². The van der Waals surface area contributed by atoms with E-state index in [4.69, 9.17) is 4.52 Å². The van der Waals surface area contributed by atoms with Crippen LogP contribution in [0.1, 0.15) is 44.1 Å². The molecule has 29 heavy (non-hydrogen) atoms. The molecule has 2 aliphatic heterocycles. The molecule has 2 fully saturated rings. The Bertz CT molecular complexity index is 798. The van der Waals surface area contributed by atoms with Crippen LogP contribution in [0, 0.1) is 5.92 Å². The van der Waals surface area contributed by atoms with E-state index in [9.17, 15) is 4.79 Å². The van der Waals surface area contributed by atoms with Crippen molar-refractivity contribution in [1.29, 1.82) is 0 Å². The Balaban J connectivity index is 1.28. The minimum atomic E-state index is -0.00194. The van der Waals surface area contributed by atoms with Crippen molar-refractivity contribution in [2.75, 3.05) is 26.2 Å². The third kappa shape index (κ3) is 5.22. The average Bonchev–Trinajstić information content (AvgIpc) is 3.45. The normalized spacial score (nSPS) is 22.7. The summed E-state index contributed by atoms with van der Waals surface area (Å²) in [5.74, 6) is 1.92. The summed E-state index contributed by atoms with van der Waals surface area (Å²) in [5.41, 5.74) is 2.28. The summed E-state index contributed by atoms with van der Waals surface area (Å²) in [6.45, 7) is 6.47. The number of aryl methyl sites for hydroxylation is 1. The maximum atomic E-state index is 12.2. The summed E-state index contributed by atoms with van der Waals surface area (Å²) in [7, 11) is 0. The minimum Gasteiger partial charge on any atom is -0.354 e. The number of amides is 1. The largest absolute Gasteiger partial charge is 0.354 e. The summed E-state index contributed by atoms with van der Waals surface area (Å²) in [4.78, 5) is 19.2. The second-order valence-electron chi connectivity index (χ2n) is 8.20. The highest BCUT2D eigenvalue weighted by Gasteiger charge is 2.25. The Morgan fingerprint density at radius 3 is 2.90 bits per heavy atom. The average molecular weight is 398 g/mol. The van der Waals surface area contributed by atoms with Crippen LogP contribution in [-0.2, 0) is 17.8 Å². The lowest BCUT2D eigenvalue weighted by atomic mass is 9.98. The summed E-state index contributed by atoms with van der Waals surface area (Å²) in [6.07, 6.45) is 5.33. The van der Waals surface area contributed by atoms with E-state index in [0.29, 0.717) is 24.2 Å². The highest BCUT2D eigenvalue weighted by molar-refractivity contribution is 5.81. The summed E-state index contributed by atoms with van der Waals surface area (Å²) < 4.78 is 5.50. The van der Waals surface area contributed by atoms with Crippen molar-refractivity contribution in [2.45, 2.75) is 51.6 Å². The number of hydrogen-bond donors (Lipinski definition) is 2. The number of benzene rings is 1. The maximum absolute atomic E-state index is 12.2. The standard InChI is InChI=1S/C22H31N5O2/c1-2-16-7-9-18(10-8-16)21-25-20(29-26-21)15-27-12-4-5-17(14-27)13-24-22(28)19-6-3-11-23-19/h7-10,17,19,23H,2-6,11-15H2,1H3,(H,24,28). The van der Waals surface area contributed by atoms with E-state index in [2.05, 4.69) is 44.7 Å². The van der Waals surface area contributed by atoms with Crippen LogP contribution in [0.5, 0.6) is 0 Å². The van der Waals surface area contributed by atoms with Gasteiger partial charge in [0.2, 0.25) is 17.6 Å². The zero-order chi connectivity index (χ0) is 20.1. The maximum Gasteiger partial charge on any atom is 0.241 e. The van der Waals surface area contributed by atoms with Crippen molar-refractivity contribution in [3.63, 3.8) is 0 Å². The van der Waals surface area contributed by atoms with E-state index >= 15 is 0 Å². The Morgan fingerprint density at radius 1 is 1.28 bits per heavy atom. The van der Waals surface area contributed by atoms with E-state index in [1.165, 1.54) is 5.56 Å². The SMILES string of the molecule is CCc1ccc(-c2noc(CN3CCCC(CNC(=O)C4CCCN4)C3)n2)cc1. The first-order valence-electron chi connectivity index (χ1n) is 10.9. The number of rotatable bonds is 7. The number of aromatic nitrogens is 2. The van der Waals surface area contributed by atoms with Crippen LogP contribution in [0.2, 0.25) is 0 Å². The van der Waals surface area contributed by atoms with E-state index in [0.717, 1.165) is 63.8 Å². The van der Waals surface area contributed by atoms with E-state index in [1.54, 1.807) is 0 Å². The quantitative estimate of drug-likeness (QED) is 0.746. The molecule has 0 bridgehead atoms. The van der Waals surface area contributed by atoms with Crippen molar-refractivity contribution in [2.24, 2.45) is 5.92 Å². The lowest BCUT2D eigenvalue weighted by Gasteiger charge is -2.32. The molecular weight excluding hydrogens is 366 g/mol. The van der Waals surface area contributed by atoms with Crippen molar-refractivity contribution in [3.8, 4) is 11.4 Å². The fourth-order valence-corrected chi connectivity index (χ4v) is 4.26. The minimum absolute atomic E-state index is 0.00194. The van der Waals surface area contributed by atoms with E-state index in [-0.39, 0.29) is 11.9 Å². The van der Waals surface area contributed by atoms with Crippen LogP contribution >= 0.6 is 0 Å². The Morgan fingerprint density at radius 2 is 2.14 bits per heavy atom. The summed E-state index contributed by atoms with van der Waals surface area (Å²) in [5, 5.41) is 10.5. The number of carbonyl (C=O) groups excluding carboxylic acids is 1. The fraction of sp³-hybridized carbons (Fsp3) is 0.591. The van der Waals surface area contributed by atoms with E-state index in [1.807, 2.05) is 12.1 Å². The van der Waals surface area contributed by atoms with Crippen molar-refractivity contribution >= 4 is 5.91 Å². The van der Waals surface area contributed by atoms with Gasteiger partial charge in [0.1, 0.15) is 0 Å². The Hall–Kier alpha value is -2.25. The molecule has 2 saturated heterocycles. The fourth-order valence-electron chi connectivity index (χ4n) is 4.26. The molecule has 0 aliphatic carbocycles. The molecule has 0 radical (unpaired) electrons. The van der Waals surface area contributed by atoms with Crippen LogP contribution in [-0.4, -0.2) is 53.2 Å². The second-order valence-corrected chi connectivity index (χ2v) is 8.20. The summed E-state index contributed by atoms with van der Waals surface area (Å²) in [6, 6.07) is 8.31. The Labute approximate surface area is 172 Å². The molecule has 7 heteroatoms. The zero-order valence-electron chi connectivity index (χ0n) is 17.2. The predicted molar refractivity (Wildman–Crippen MR) is 111 cm³/mol. The smallest absolute Gasteiger partial charge is 0.241 e. The molecular formula is C22H31N5O2. The zero-order valence-corrected chi connectivity index (χ0v) is 17.2. The molecule has 1 aromatic carbocycles. The van der Waals surface area contributed by atoms with Crippen LogP contribution in [0.4, 0.5) is 0 Å². The van der Waals surface area contributed by atoms with Gasteiger partial charge in [-0.15, -0.1) is 0 Å². The molecule has 2 N–H and O–H groups in total. The lowest BCUT2D eigenvalue weighted by molar-refractivity contribution is -0.123. The van der Waals surface area contributed by atoms with Gasteiger partial charge >= 0.3 is 0 Å². The van der Waals surface area contributed by atoms with Gasteiger partial charge in [0.25, 0.3) is 0 Å². The molecule has 3 heterocycles. The van der Waals surface area contributed by atoms with E-state index < -0.39 is 0 Å². The van der Waals surface area contributed by atoms with Crippen LogP contribution < -0.4 is 10.6 Å². The third-order valence-corrected chi connectivity index (χ3v) is 5.99. The number of nitrogens with one attached hydrogen (secondary N) is 2. The first kappa shape index (κ1) is 20.0. The van der Waals surface area contributed by atoms with Gasteiger partial charge in [0.05, 0.1) is 12.6 Å². The van der Waals surface area contributed by atoms with Crippen molar-refractivity contribution in [3.05, 3.63) is 35.7 Å². The van der Waals surface area contributed by atoms with Gasteiger partial charge < -0.3 is 15.2 Å². The Kier molecular flexibility index (Phi) is 6.56. The lowest BCUT2D eigenvalue weighted by Crippen LogP contribution is -2.45. The van der Waals surface area contributed by atoms with Gasteiger partial charge in [0.15, 0.2) is 0 Å². The summed E-state index contributed by atoms with van der Waals surface area (Å²) >= 11 is 0. The molecule has 1 aromatic heterocycles. The third-order valence-electron chi connectivity index (χ3n) is 5.99. The molecule has 4 rings (SSSR count). The number of nitrogens with zero attached hydrogens (tertiary/aromatic N) is 3. The molecule has 2 aromatic rings. The molecule has 0 saturated carbocycles. The number of piperidine rings is 1. The second kappa shape index (κ2) is 9.50. The number of carbonyl (C=O) groups is 1. The van der Waals surface area contributed by atoms with Crippen LogP contribution in [0.15, 0.2) is 28.8 Å². The molecule has 7 nitrogen and oxygen atoms in total. The predicted octanol–water partition coefficient (Wildman–Crippen LogP) is 2.38. The van der Waals surface area contributed by atoms with Gasteiger partial charge in [-0.05, 0) is 56.7 Å². The molecule has 2 unspecified atom stereocenters. The van der Waals surface area contributed by atoms with Crippen LogP contribution in [0.25, 0.3) is 11.4 Å². The highest BCUT2D eigenvalue weighted by atomic mass is 16.5. The molecule has 0 spiro atoms. The molecule has 2 atom stereocenters. The van der Waals surface area contributed by atoms with Gasteiger partial charge in [-0.1, -0.05) is 36.3 Å². The molecule has 2 aliphatic rings. The van der Waals surface area contributed by atoms with Gasteiger partial charge in [-0.2, -0.15) is 4.98 Å². The highest BCUT2D eigenvalue weighted by Crippen LogP contribution is 2.20.